The van der Waals surface area contributed by atoms with Crippen LogP contribution in [-0.2, 0) is 9.63 Å². The van der Waals surface area contributed by atoms with Gasteiger partial charge in [-0.05, 0) is 39.0 Å². The highest BCUT2D eigenvalue weighted by Gasteiger charge is 2.23. The first-order chi connectivity index (χ1) is 9.95. The molecule has 0 unspecified atom stereocenters. The first-order valence-corrected chi connectivity index (χ1v) is 6.80. The molecule has 2 N–H and O–H groups in total. The summed E-state index contributed by atoms with van der Waals surface area (Å²) in [6, 6.07) is 11.8. The molecule has 0 atom stereocenters. The number of benzene rings is 1. The van der Waals surface area contributed by atoms with Crippen LogP contribution >= 0.6 is 0 Å². The van der Waals surface area contributed by atoms with E-state index in [2.05, 4.69) is 15.4 Å². The van der Waals surface area contributed by atoms with Gasteiger partial charge in [0.2, 0.25) is 0 Å². The Balaban J connectivity index is 1.88. The smallest absolute Gasteiger partial charge is 0.337 e. The van der Waals surface area contributed by atoms with E-state index < -0.39 is 5.41 Å². The number of carbonyl (C=O) groups excluding carboxylic acids is 1. The third-order valence-electron chi connectivity index (χ3n) is 3.23. The molecule has 108 valence electrons. The molecule has 2 aromatic heterocycles. The highest BCUT2D eigenvalue weighted by Crippen LogP contribution is 2.25. The fourth-order valence-corrected chi connectivity index (χ4v) is 2.03. The molecule has 5 nitrogen and oxygen atoms in total. The molecule has 0 bridgehead atoms. The Kier molecular flexibility index (Phi) is 3.05. The SMILES string of the molecule is CC(C)(C)C(=O)ONc1ccc2c(n1)[nH]c1ccccc12. The number of nitrogens with zero attached hydrogens (tertiary/aromatic N) is 1. The van der Waals surface area contributed by atoms with Gasteiger partial charge in [-0.2, -0.15) is 0 Å². The van der Waals surface area contributed by atoms with Crippen LogP contribution in [0.1, 0.15) is 20.8 Å². The Morgan fingerprint density at radius 3 is 2.67 bits per heavy atom. The van der Waals surface area contributed by atoms with Crippen LogP contribution < -0.4 is 5.48 Å². The quantitative estimate of drug-likeness (QED) is 0.705. The fourth-order valence-electron chi connectivity index (χ4n) is 2.03. The van der Waals surface area contributed by atoms with E-state index in [1.165, 1.54) is 0 Å². The van der Waals surface area contributed by atoms with E-state index in [1.807, 2.05) is 30.3 Å². The van der Waals surface area contributed by atoms with Crippen molar-refractivity contribution in [1.29, 1.82) is 0 Å². The standard InChI is InChI=1S/C16H17N3O2/c1-16(2,3)15(20)21-19-13-9-8-11-10-6-4-5-7-12(10)17-14(11)18-13/h4-9H,1-3H3,(H2,17,18,19). The van der Waals surface area contributed by atoms with Gasteiger partial charge >= 0.3 is 5.97 Å². The minimum Gasteiger partial charge on any atom is -0.341 e. The zero-order valence-electron chi connectivity index (χ0n) is 12.2. The van der Waals surface area contributed by atoms with Crippen molar-refractivity contribution in [2.45, 2.75) is 20.8 Å². The Morgan fingerprint density at radius 1 is 1.14 bits per heavy atom. The molecule has 1 aromatic carbocycles. The lowest BCUT2D eigenvalue weighted by molar-refractivity contribution is -0.149. The van der Waals surface area contributed by atoms with Crippen LogP contribution in [0.5, 0.6) is 0 Å². The first-order valence-electron chi connectivity index (χ1n) is 6.80. The normalized spacial score (nSPS) is 11.8. The number of pyridine rings is 1. The van der Waals surface area contributed by atoms with Gasteiger partial charge in [0.05, 0.1) is 5.41 Å². The molecular weight excluding hydrogens is 266 g/mol. The molecular formula is C16H17N3O2. The molecule has 0 fully saturated rings. The molecule has 0 radical (unpaired) electrons. The molecule has 0 aliphatic rings. The molecule has 0 amide bonds. The highest BCUT2D eigenvalue weighted by atomic mass is 16.7. The second-order valence-electron chi connectivity index (χ2n) is 6.00. The van der Waals surface area contributed by atoms with Gasteiger partial charge in [0.25, 0.3) is 0 Å². The Labute approximate surface area is 122 Å². The summed E-state index contributed by atoms with van der Waals surface area (Å²) in [6.45, 7) is 5.39. The molecule has 0 saturated carbocycles. The fraction of sp³-hybridized carbons (Fsp3) is 0.250. The number of rotatable bonds is 2. The van der Waals surface area contributed by atoms with Gasteiger partial charge in [0, 0.05) is 16.3 Å². The van der Waals surface area contributed by atoms with Crippen molar-refractivity contribution in [1.82, 2.24) is 9.97 Å². The number of hydrogen-bond donors (Lipinski definition) is 2. The summed E-state index contributed by atoms with van der Waals surface area (Å²) in [4.78, 5) is 24.4. The van der Waals surface area contributed by atoms with Crippen LogP contribution in [0.3, 0.4) is 0 Å². The molecule has 2 heterocycles. The van der Waals surface area contributed by atoms with Gasteiger partial charge in [-0.1, -0.05) is 18.2 Å². The van der Waals surface area contributed by atoms with Crippen LogP contribution in [0.25, 0.3) is 21.9 Å². The highest BCUT2D eigenvalue weighted by molar-refractivity contribution is 6.06. The van der Waals surface area contributed by atoms with Crippen molar-refractivity contribution >= 4 is 33.7 Å². The minimum atomic E-state index is -0.557. The van der Waals surface area contributed by atoms with Gasteiger partial charge in [-0.3, -0.25) is 0 Å². The average molecular weight is 283 g/mol. The van der Waals surface area contributed by atoms with Crippen LogP contribution in [0, 0.1) is 5.41 Å². The van der Waals surface area contributed by atoms with Crippen molar-refractivity contribution in [3.05, 3.63) is 36.4 Å². The second kappa shape index (κ2) is 4.77. The van der Waals surface area contributed by atoms with Gasteiger partial charge < -0.3 is 9.82 Å². The van der Waals surface area contributed by atoms with Crippen LogP contribution in [0.2, 0.25) is 0 Å². The maximum absolute atomic E-state index is 11.7. The Morgan fingerprint density at radius 2 is 1.90 bits per heavy atom. The molecule has 3 rings (SSSR count). The van der Waals surface area contributed by atoms with Crippen molar-refractivity contribution in [3.8, 4) is 0 Å². The number of anilines is 1. The van der Waals surface area contributed by atoms with E-state index in [-0.39, 0.29) is 5.97 Å². The number of aromatic amines is 1. The van der Waals surface area contributed by atoms with Gasteiger partial charge in [-0.15, -0.1) is 0 Å². The maximum atomic E-state index is 11.7. The van der Waals surface area contributed by atoms with Gasteiger partial charge in [0.15, 0.2) is 5.82 Å². The number of para-hydroxylation sites is 1. The monoisotopic (exact) mass is 283 g/mol. The summed E-state index contributed by atoms with van der Waals surface area (Å²) in [5.74, 6) is 0.160. The number of hydrogen-bond acceptors (Lipinski definition) is 4. The predicted molar refractivity (Wildman–Crippen MR) is 82.8 cm³/mol. The lowest BCUT2D eigenvalue weighted by Crippen LogP contribution is -2.25. The van der Waals surface area contributed by atoms with E-state index in [0.717, 1.165) is 21.9 Å². The molecule has 0 spiro atoms. The number of aromatic nitrogens is 2. The van der Waals surface area contributed by atoms with E-state index in [0.29, 0.717) is 5.82 Å². The van der Waals surface area contributed by atoms with Crippen molar-refractivity contribution < 1.29 is 9.63 Å². The zero-order valence-corrected chi connectivity index (χ0v) is 12.2. The topological polar surface area (TPSA) is 67.0 Å². The average Bonchev–Trinajstić information content (AvgIpc) is 2.81. The van der Waals surface area contributed by atoms with Crippen LogP contribution in [0.4, 0.5) is 5.82 Å². The van der Waals surface area contributed by atoms with E-state index in [9.17, 15) is 4.79 Å². The molecule has 3 aromatic rings. The van der Waals surface area contributed by atoms with E-state index >= 15 is 0 Å². The number of fused-ring (bicyclic) bond motifs is 3. The summed E-state index contributed by atoms with van der Waals surface area (Å²) in [5.41, 5.74) is 3.84. The predicted octanol–water partition coefficient (Wildman–Crippen LogP) is 3.63. The van der Waals surface area contributed by atoms with E-state index in [1.54, 1.807) is 26.8 Å². The summed E-state index contributed by atoms with van der Waals surface area (Å²) in [6.07, 6.45) is 0. The molecule has 0 aliphatic heterocycles. The van der Waals surface area contributed by atoms with Gasteiger partial charge in [-0.25, -0.2) is 15.3 Å². The van der Waals surface area contributed by atoms with Crippen LogP contribution in [-0.4, -0.2) is 15.9 Å². The first kappa shape index (κ1) is 13.4. The molecule has 0 aliphatic carbocycles. The maximum Gasteiger partial charge on any atom is 0.337 e. The Hall–Kier alpha value is -2.56. The van der Waals surface area contributed by atoms with Crippen molar-refractivity contribution in [3.63, 3.8) is 0 Å². The third kappa shape index (κ3) is 2.54. The summed E-state index contributed by atoms with van der Waals surface area (Å²) in [5, 5.41) is 2.16. The Bertz CT molecular complexity index is 815. The minimum absolute atomic E-state index is 0.332. The number of nitrogens with one attached hydrogen (secondary N) is 2. The lowest BCUT2D eigenvalue weighted by Gasteiger charge is -2.16. The summed E-state index contributed by atoms with van der Waals surface area (Å²) in [7, 11) is 0. The number of H-pyrrole nitrogens is 1. The van der Waals surface area contributed by atoms with E-state index in [4.69, 9.17) is 4.84 Å². The summed E-state index contributed by atoms with van der Waals surface area (Å²) < 4.78 is 0. The molecule has 0 saturated heterocycles. The largest absolute Gasteiger partial charge is 0.341 e. The summed E-state index contributed by atoms with van der Waals surface area (Å²) >= 11 is 0. The van der Waals surface area contributed by atoms with Gasteiger partial charge in [0.1, 0.15) is 5.65 Å². The molecule has 21 heavy (non-hydrogen) atoms. The molecule has 5 heteroatoms. The lowest BCUT2D eigenvalue weighted by atomic mass is 9.98. The number of carbonyl (C=O) groups is 1. The van der Waals surface area contributed by atoms with Crippen LogP contribution in [0.15, 0.2) is 36.4 Å². The third-order valence-corrected chi connectivity index (χ3v) is 3.23. The van der Waals surface area contributed by atoms with Crippen molar-refractivity contribution in [2.75, 3.05) is 5.48 Å². The second-order valence-corrected chi connectivity index (χ2v) is 6.00. The van der Waals surface area contributed by atoms with Crippen molar-refractivity contribution in [2.24, 2.45) is 5.41 Å². The zero-order chi connectivity index (χ0) is 15.0.